The third-order valence-corrected chi connectivity index (χ3v) is 3.71. The van der Waals surface area contributed by atoms with Crippen LogP contribution in [0.25, 0.3) is 11.3 Å². The van der Waals surface area contributed by atoms with E-state index in [0.717, 1.165) is 17.0 Å². The van der Waals surface area contributed by atoms with Crippen molar-refractivity contribution in [1.82, 2.24) is 9.88 Å². The van der Waals surface area contributed by atoms with Crippen LogP contribution in [0, 0.1) is 6.92 Å². The Morgan fingerprint density at radius 3 is 2.30 bits per heavy atom. The van der Waals surface area contributed by atoms with Crippen LogP contribution in [0.5, 0.6) is 0 Å². The van der Waals surface area contributed by atoms with Crippen molar-refractivity contribution in [1.29, 1.82) is 0 Å². The van der Waals surface area contributed by atoms with Crippen LogP contribution < -0.4 is 5.73 Å². The van der Waals surface area contributed by atoms with Crippen LogP contribution in [-0.4, -0.2) is 35.4 Å². The van der Waals surface area contributed by atoms with Crippen molar-refractivity contribution in [2.24, 2.45) is 5.73 Å². The monoisotopic (exact) mass is 355 g/mol. The van der Waals surface area contributed by atoms with Crippen LogP contribution in [0.3, 0.4) is 0 Å². The summed E-state index contributed by atoms with van der Waals surface area (Å²) in [6.45, 7) is 4.23. The van der Waals surface area contributed by atoms with Gasteiger partial charge in [0.25, 0.3) is 5.91 Å². The molecule has 23 heavy (non-hydrogen) atoms. The number of pyridine rings is 1. The van der Waals surface area contributed by atoms with E-state index in [1.165, 1.54) is 0 Å². The van der Waals surface area contributed by atoms with Crippen molar-refractivity contribution < 1.29 is 4.79 Å². The van der Waals surface area contributed by atoms with Crippen molar-refractivity contribution in [3.8, 4) is 11.3 Å². The standard InChI is InChI=1S/C17H21N3O.2ClH/c1-12(11-18)20(3)17(21)15-9-10-16(19-13(15)2)14-7-5-4-6-8-14;;/h4-10,12H,11,18H2,1-3H3;2*1H. The second-order valence-corrected chi connectivity index (χ2v) is 5.20. The van der Waals surface area contributed by atoms with Crippen LogP contribution >= 0.6 is 24.8 Å². The van der Waals surface area contributed by atoms with Crippen molar-refractivity contribution >= 4 is 30.7 Å². The Balaban J connectivity index is 0.00000242. The van der Waals surface area contributed by atoms with Crippen LogP contribution in [0.2, 0.25) is 0 Å². The Bertz CT molecular complexity index is 635. The lowest BCUT2D eigenvalue weighted by atomic mass is 10.1. The summed E-state index contributed by atoms with van der Waals surface area (Å²) in [5.74, 6) is -0.0439. The molecule has 4 nitrogen and oxygen atoms in total. The zero-order valence-electron chi connectivity index (χ0n) is 13.5. The summed E-state index contributed by atoms with van der Waals surface area (Å²) in [4.78, 5) is 18.7. The van der Waals surface area contributed by atoms with Gasteiger partial charge in [-0.25, -0.2) is 0 Å². The Hall–Kier alpha value is -1.62. The summed E-state index contributed by atoms with van der Waals surface area (Å²) in [5, 5.41) is 0. The SMILES string of the molecule is Cc1nc(-c2ccccc2)ccc1C(=O)N(C)C(C)CN.Cl.Cl. The van der Waals surface area contributed by atoms with Crippen molar-refractivity contribution in [2.75, 3.05) is 13.6 Å². The van der Waals surface area contributed by atoms with Gasteiger partial charge in [-0.1, -0.05) is 30.3 Å². The maximum absolute atomic E-state index is 12.4. The molecule has 0 radical (unpaired) electrons. The molecule has 0 saturated heterocycles. The largest absolute Gasteiger partial charge is 0.338 e. The Labute approximate surface area is 149 Å². The molecule has 0 saturated carbocycles. The summed E-state index contributed by atoms with van der Waals surface area (Å²) < 4.78 is 0. The molecular weight excluding hydrogens is 333 g/mol. The maximum Gasteiger partial charge on any atom is 0.255 e. The fourth-order valence-corrected chi connectivity index (χ4v) is 2.11. The normalized spacial score (nSPS) is 11.0. The van der Waals surface area contributed by atoms with Crippen LogP contribution in [0.1, 0.15) is 23.0 Å². The van der Waals surface area contributed by atoms with Gasteiger partial charge in [0.15, 0.2) is 0 Å². The number of benzene rings is 1. The van der Waals surface area contributed by atoms with Gasteiger partial charge in [-0.05, 0) is 26.0 Å². The minimum Gasteiger partial charge on any atom is -0.338 e. The van der Waals surface area contributed by atoms with Crippen LogP contribution in [-0.2, 0) is 0 Å². The van der Waals surface area contributed by atoms with Crippen molar-refractivity contribution in [3.63, 3.8) is 0 Å². The predicted molar refractivity (Wildman–Crippen MR) is 99.5 cm³/mol. The maximum atomic E-state index is 12.4. The molecule has 1 amide bonds. The summed E-state index contributed by atoms with van der Waals surface area (Å²) in [7, 11) is 1.77. The molecule has 1 heterocycles. The first-order valence-corrected chi connectivity index (χ1v) is 7.05. The molecule has 0 bridgehead atoms. The number of halogens is 2. The zero-order chi connectivity index (χ0) is 15.4. The quantitative estimate of drug-likeness (QED) is 0.914. The van der Waals surface area contributed by atoms with Gasteiger partial charge in [0.1, 0.15) is 0 Å². The van der Waals surface area contributed by atoms with Gasteiger partial charge in [0.2, 0.25) is 0 Å². The highest BCUT2D eigenvalue weighted by molar-refractivity contribution is 5.95. The minimum atomic E-state index is -0.0439. The fraction of sp³-hybridized carbons (Fsp3) is 0.294. The molecule has 2 N–H and O–H groups in total. The molecule has 0 aliphatic heterocycles. The first kappa shape index (κ1) is 21.4. The molecule has 1 aromatic heterocycles. The number of rotatable bonds is 4. The number of carbonyl (C=O) groups is 1. The van der Waals surface area contributed by atoms with Crippen LogP contribution in [0.15, 0.2) is 42.5 Å². The molecule has 6 heteroatoms. The average molecular weight is 356 g/mol. The second-order valence-electron chi connectivity index (χ2n) is 5.20. The molecule has 0 fully saturated rings. The third kappa shape index (κ3) is 4.93. The highest BCUT2D eigenvalue weighted by Crippen LogP contribution is 2.19. The molecule has 1 aromatic carbocycles. The molecule has 1 unspecified atom stereocenters. The molecule has 126 valence electrons. The first-order valence-electron chi connectivity index (χ1n) is 7.05. The van der Waals surface area contributed by atoms with Gasteiger partial charge < -0.3 is 10.6 Å². The highest BCUT2D eigenvalue weighted by Gasteiger charge is 2.19. The highest BCUT2D eigenvalue weighted by atomic mass is 35.5. The van der Waals surface area contributed by atoms with E-state index < -0.39 is 0 Å². The number of hydrogen-bond acceptors (Lipinski definition) is 3. The van der Waals surface area contributed by atoms with E-state index in [2.05, 4.69) is 4.98 Å². The molecule has 2 aromatic rings. The summed E-state index contributed by atoms with van der Waals surface area (Å²) in [6.07, 6.45) is 0. The van der Waals surface area contributed by atoms with Gasteiger partial charge in [-0.2, -0.15) is 0 Å². The van der Waals surface area contributed by atoms with Gasteiger partial charge in [0, 0.05) is 25.2 Å². The zero-order valence-corrected chi connectivity index (χ0v) is 15.2. The van der Waals surface area contributed by atoms with E-state index >= 15 is 0 Å². The third-order valence-electron chi connectivity index (χ3n) is 3.71. The first-order chi connectivity index (χ1) is 10.0. The lowest BCUT2D eigenvalue weighted by molar-refractivity contribution is 0.0747. The minimum absolute atomic E-state index is 0. The number of nitrogens with zero attached hydrogens (tertiary/aromatic N) is 2. The van der Waals surface area contributed by atoms with Gasteiger partial charge >= 0.3 is 0 Å². The number of aryl methyl sites for hydroxylation is 1. The van der Waals surface area contributed by atoms with E-state index in [4.69, 9.17) is 5.73 Å². The topological polar surface area (TPSA) is 59.2 Å². The fourth-order valence-electron chi connectivity index (χ4n) is 2.11. The van der Waals surface area contributed by atoms with Crippen LogP contribution in [0.4, 0.5) is 0 Å². The summed E-state index contributed by atoms with van der Waals surface area (Å²) in [5.41, 5.74) is 8.89. The molecule has 0 spiro atoms. The molecule has 1 atom stereocenters. The average Bonchev–Trinajstić information content (AvgIpc) is 2.53. The Morgan fingerprint density at radius 1 is 1.17 bits per heavy atom. The number of nitrogens with two attached hydrogens (primary N) is 1. The van der Waals surface area contributed by atoms with Crippen molar-refractivity contribution in [2.45, 2.75) is 19.9 Å². The van der Waals surface area contributed by atoms with Gasteiger partial charge in [0.05, 0.1) is 17.0 Å². The number of aromatic nitrogens is 1. The molecule has 2 rings (SSSR count). The van der Waals surface area contributed by atoms with E-state index in [1.807, 2.05) is 56.3 Å². The van der Waals surface area contributed by atoms with E-state index in [0.29, 0.717) is 12.1 Å². The smallest absolute Gasteiger partial charge is 0.255 e. The molecule has 0 aliphatic carbocycles. The summed E-state index contributed by atoms with van der Waals surface area (Å²) >= 11 is 0. The number of hydrogen-bond donors (Lipinski definition) is 1. The van der Waals surface area contributed by atoms with Gasteiger partial charge in [-0.15, -0.1) is 24.8 Å². The summed E-state index contributed by atoms with van der Waals surface area (Å²) in [6, 6.07) is 13.7. The Morgan fingerprint density at radius 2 is 1.78 bits per heavy atom. The number of amides is 1. The van der Waals surface area contributed by atoms with E-state index in [9.17, 15) is 4.79 Å². The molecule has 0 aliphatic rings. The van der Waals surface area contributed by atoms with Crippen molar-refractivity contribution in [3.05, 3.63) is 53.7 Å². The number of carbonyl (C=O) groups excluding carboxylic acids is 1. The Kier molecular flexibility index (Phi) is 8.83. The molecular formula is C17H23Cl2N3O. The predicted octanol–water partition coefficient (Wildman–Crippen LogP) is 3.32. The van der Waals surface area contributed by atoms with E-state index in [1.54, 1.807) is 11.9 Å². The van der Waals surface area contributed by atoms with Gasteiger partial charge in [-0.3, -0.25) is 9.78 Å². The second kappa shape index (κ2) is 9.50. The van der Waals surface area contributed by atoms with E-state index in [-0.39, 0.29) is 36.8 Å². The number of likely N-dealkylation sites (N-methyl/N-ethyl adjacent to an activating group) is 1. The lowest BCUT2D eigenvalue weighted by Gasteiger charge is -2.24. The lowest BCUT2D eigenvalue weighted by Crippen LogP contribution is -2.40.